The molecule has 160 valence electrons. The van der Waals surface area contributed by atoms with Gasteiger partial charge < -0.3 is 19.5 Å². The second kappa shape index (κ2) is 10.9. The third-order valence-corrected chi connectivity index (χ3v) is 4.11. The van der Waals surface area contributed by atoms with Crippen LogP contribution in [0.4, 0.5) is 14.5 Å². The van der Waals surface area contributed by atoms with Gasteiger partial charge >= 0.3 is 12.6 Å². The number of benzene rings is 2. The first-order valence-electron chi connectivity index (χ1n) is 9.23. The molecule has 1 N–H and O–H groups in total. The SMILES string of the molecule is CCc1ccc(NC(=O)[C@@H](C)OC(=O)/C=C/c2ccc(OC(F)F)c(OC)c2)cc1. The number of anilines is 1. The highest BCUT2D eigenvalue weighted by Gasteiger charge is 2.17. The van der Waals surface area contributed by atoms with E-state index in [0.29, 0.717) is 11.3 Å². The number of esters is 1. The Balaban J connectivity index is 1.93. The van der Waals surface area contributed by atoms with Gasteiger partial charge in [-0.2, -0.15) is 8.78 Å². The van der Waals surface area contributed by atoms with Crippen molar-refractivity contribution in [3.8, 4) is 11.5 Å². The largest absolute Gasteiger partial charge is 0.493 e. The molecule has 6 nitrogen and oxygen atoms in total. The zero-order valence-corrected chi connectivity index (χ0v) is 16.9. The van der Waals surface area contributed by atoms with Crippen LogP contribution in [-0.4, -0.2) is 31.7 Å². The normalized spacial score (nSPS) is 11.9. The van der Waals surface area contributed by atoms with E-state index < -0.39 is 24.6 Å². The Kier molecular flexibility index (Phi) is 8.34. The molecule has 0 fully saturated rings. The van der Waals surface area contributed by atoms with E-state index in [2.05, 4.69) is 10.1 Å². The number of halogens is 2. The first-order chi connectivity index (χ1) is 14.3. The second-order valence-corrected chi connectivity index (χ2v) is 6.24. The zero-order chi connectivity index (χ0) is 22.1. The smallest absolute Gasteiger partial charge is 0.387 e. The predicted octanol–water partition coefficient (Wildman–Crippen LogP) is 4.44. The highest BCUT2D eigenvalue weighted by atomic mass is 19.3. The number of nitrogens with one attached hydrogen (secondary N) is 1. The van der Waals surface area contributed by atoms with Gasteiger partial charge in [0, 0.05) is 11.8 Å². The van der Waals surface area contributed by atoms with Crippen LogP contribution in [0.15, 0.2) is 48.5 Å². The summed E-state index contributed by atoms with van der Waals surface area (Å²) >= 11 is 0. The van der Waals surface area contributed by atoms with E-state index in [0.717, 1.165) is 18.1 Å². The molecule has 0 bridgehead atoms. The van der Waals surface area contributed by atoms with Crippen molar-refractivity contribution in [2.75, 3.05) is 12.4 Å². The number of aryl methyl sites for hydroxylation is 1. The van der Waals surface area contributed by atoms with Crippen LogP contribution in [0.25, 0.3) is 6.08 Å². The number of hydrogen-bond acceptors (Lipinski definition) is 5. The quantitative estimate of drug-likeness (QED) is 0.480. The summed E-state index contributed by atoms with van der Waals surface area (Å²) in [6.07, 6.45) is 2.42. The fourth-order valence-corrected chi connectivity index (χ4v) is 2.48. The lowest BCUT2D eigenvalue weighted by atomic mass is 10.1. The molecule has 0 saturated heterocycles. The van der Waals surface area contributed by atoms with E-state index >= 15 is 0 Å². The molecular formula is C22H23F2NO5. The minimum Gasteiger partial charge on any atom is -0.493 e. The Labute approximate surface area is 173 Å². The molecule has 0 aromatic heterocycles. The van der Waals surface area contributed by atoms with E-state index in [-0.39, 0.29) is 11.5 Å². The summed E-state index contributed by atoms with van der Waals surface area (Å²) in [5.74, 6) is -1.22. The average molecular weight is 419 g/mol. The van der Waals surface area contributed by atoms with E-state index in [4.69, 9.17) is 9.47 Å². The zero-order valence-electron chi connectivity index (χ0n) is 16.9. The van der Waals surface area contributed by atoms with E-state index in [1.807, 2.05) is 19.1 Å². The highest BCUT2D eigenvalue weighted by Crippen LogP contribution is 2.29. The first kappa shape index (κ1) is 22.9. The molecule has 2 aromatic carbocycles. The molecule has 0 saturated carbocycles. The molecule has 2 aromatic rings. The minimum atomic E-state index is -2.98. The number of ether oxygens (including phenoxy) is 3. The first-order valence-corrected chi connectivity index (χ1v) is 9.23. The lowest BCUT2D eigenvalue weighted by Crippen LogP contribution is -2.29. The third kappa shape index (κ3) is 6.88. The summed E-state index contributed by atoms with van der Waals surface area (Å²) < 4.78 is 39.2. The number of methoxy groups -OCH3 is 1. The van der Waals surface area contributed by atoms with Crippen LogP contribution >= 0.6 is 0 Å². The van der Waals surface area contributed by atoms with Crippen molar-refractivity contribution >= 4 is 23.6 Å². The fourth-order valence-electron chi connectivity index (χ4n) is 2.48. The number of alkyl halides is 2. The van der Waals surface area contributed by atoms with E-state index in [1.54, 1.807) is 12.1 Å². The van der Waals surface area contributed by atoms with Crippen LogP contribution in [0.5, 0.6) is 11.5 Å². The maximum absolute atomic E-state index is 12.4. The summed E-state index contributed by atoms with van der Waals surface area (Å²) in [5, 5.41) is 2.68. The molecular weight excluding hydrogens is 396 g/mol. The van der Waals surface area contributed by atoms with Gasteiger partial charge in [0.2, 0.25) is 0 Å². The lowest BCUT2D eigenvalue weighted by molar-refractivity contribution is -0.148. The molecule has 2 rings (SSSR count). The second-order valence-electron chi connectivity index (χ2n) is 6.24. The number of carbonyl (C=O) groups is 2. The van der Waals surface area contributed by atoms with Crippen molar-refractivity contribution < 1.29 is 32.6 Å². The molecule has 1 atom stereocenters. The Hall–Kier alpha value is -3.42. The van der Waals surface area contributed by atoms with Crippen molar-refractivity contribution in [1.82, 2.24) is 0 Å². The number of carbonyl (C=O) groups excluding carboxylic acids is 2. The van der Waals surface area contributed by atoms with Gasteiger partial charge in [-0.05, 0) is 54.8 Å². The number of hydrogen-bond donors (Lipinski definition) is 1. The molecule has 0 heterocycles. The van der Waals surface area contributed by atoms with Crippen molar-refractivity contribution in [2.45, 2.75) is 33.0 Å². The van der Waals surface area contributed by atoms with Crippen molar-refractivity contribution in [2.24, 2.45) is 0 Å². The number of rotatable bonds is 9. The van der Waals surface area contributed by atoms with Gasteiger partial charge in [0.1, 0.15) is 0 Å². The summed E-state index contributed by atoms with van der Waals surface area (Å²) in [7, 11) is 1.31. The van der Waals surface area contributed by atoms with Crippen LogP contribution in [0.2, 0.25) is 0 Å². The molecule has 0 unspecified atom stereocenters. The van der Waals surface area contributed by atoms with Crippen LogP contribution < -0.4 is 14.8 Å². The molecule has 0 radical (unpaired) electrons. The van der Waals surface area contributed by atoms with Gasteiger partial charge in [0.15, 0.2) is 17.6 Å². The van der Waals surface area contributed by atoms with Gasteiger partial charge in [-0.15, -0.1) is 0 Å². The number of amides is 1. The molecule has 0 aliphatic carbocycles. The standard InChI is InChI=1S/C22H23F2NO5/c1-4-15-5-9-17(10-6-15)25-21(27)14(2)29-20(26)12-8-16-7-11-18(30-22(23)24)19(13-16)28-3/h5-14,22H,4H2,1-3H3,(H,25,27)/b12-8+/t14-/m1/s1. The summed E-state index contributed by atoms with van der Waals surface area (Å²) in [5.41, 5.74) is 2.25. The van der Waals surface area contributed by atoms with Gasteiger partial charge in [0.25, 0.3) is 5.91 Å². The van der Waals surface area contributed by atoms with Crippen LogP contribution in [0.3, 0.4) is 0 Å². The topological polar surface area (TPSA) is 73.9 Å². The average Bonchev–Trinajstić information content (AvgIpc) is 2.73. The maximum Gasteiger partial charge on any atom is 0.387 e. The fraction of sp³-hybridized carbons (Fsp3) is 0.273. The Morgan fingerprint density at radius 1 is 1.10 bits per heavy atom. The van der Waals surface area contributed by atoms with Crippen molar-refractivity contribution in [3.05, 3.63) is 59.7 Å². The molecule has 8 heteroatoms. The van der Waals surface area contributed by atoms with Gasteiger partial charge in [-0.1, -0.05) is 25.1 Å². The van der Waals surface area contributed by atoms with E-state index in [9.17, 15) is 18.4 Å². The monoisotopic (exact) mass is 419 g/mol. The minimum absolute atomic E-state index is 0.0904. The highest BCUT2D eigenvalue weighted by molar-refractivity contribution is 5.96. The Morgan fingerprint density at radius 3 is 2.40 bits per heavy atom. The lowest BCUT2D eigenvalue weighted by Gasteiger charge is -2.12. The molecule has 30 heavy (non-hydrogen) atoms. The van der Waals surface area contributed by atoms with Crippen molar-refractivity contribution in [3.63, 3.8) is 0 Å². The summed E-state index contributed by atoms with van der Waals surface area (Å²) in [6, 6.07) is 11.6. The van der Waals surface area contributed by atoms with E-state index in [1.165, 1.54) is 38.3 Å². The molecule has 0 aliphatic heterocycles. The van der Waals surface area contributed by atoms with Gasteiger partial charge in [-0.3, -0.25) is 4.79 Å². The molecule has 0 spiro atoms. The Bertz CT molecular complexity index is 897. The predicted molar refractivity (Wildman–Crippen MR) is 109 cm³/mol. The molecule has 0 aliphatic rings. The van der Waals surface area contributed by atoms with Crippen LogP contribution in [0, 0.1) is 0 Å². The van der Waals surface area contributed by atoms with Crippen molar-refractivity contribution in [1.29, 1.82) is 0 Å². The maximum atomic E-state index is 12.4. The molecule has 1 amide bonds. The summed E-state index contributed by atoms with van der Waals surface area (Å²) in [4.78, 5) is 24.2. The third-order valence-electron chi connectivity index (χ3n) is 4.11. The van der Waals surface area contributed by atoms with Gasteiger partial charge in [0.05, 0.1) is 7.11 Å². The van der Waals surface area contributed by atoms with Crippen LogP contribution in [-0.2, 0) is 20.7 Å². The van der Waals surface area contributed by atoms with Crippen LogP contribution in [0.1, 0.15) is 25.0 Å². The van der Waals surface area contributed by atoms with Gasteiger partial charge in [-0.25, -0.2) is 4.79 Å². The summed E-state index contributed by atoms with van der Waals surface area (Å²) in [6.45, 7) is 0.512. The Morgan fingerprint density at radius 2 is 1.80 bits per heavy atom.